The maximum absolute atomic E-state index is 12.5. The van der Waals surface area contributed by atoms with Gasteiger partial charge in [0.25, 0.3) is 0 Å². The lowest BCUT2D eigenvalue weighted by Gasteiger charge is -2.05. The Labute approximate surface area is 129 Å². The van der Waals surface area contributed by atoms with Gasteiger partial charge in [0, 0.05) is 26.1 Å². The number of benzene rings is 1. The summed E-state index contributed by atoms with van der Waals surface area (Å²) >= 11 is 0. The number of carbonyl (C=O) groups excluding carboxylic acids is 1. The summed E-state index contributed by atoms with van der Waals surface area (Å²) in [7, 11) is 0. The molecule has 2 rings (SSSR count). The number of aromatic nitrogens is 2. The van der Waals surface area contributed by atoms with E-state index in [-0.39, 0.29) is 11.6 Å². The molecule has 1 heterocycles. The molecule has 0 radical (unpaired) electrons. The van der Waals surface area contributed by atoms with Gasteiger partial charge in [-0.2, -0.15) is 0 Å². The minimum Gasteiger partial charge on any atom is -0.356 e. The molecule has 0 spiro atoms. The highest BCUT2D eigenvalue weighted by molar-refractivity contribution is 5.77. The standard InChI is InChI=1S/C16H24N4O2/c1-2-11-19-13-6-3-4-7-14(13)20(16(19)22)12-8-15(21)18-10-5-9-17/h3-4,6-7H,2,5,8-12,17H2,1H3,(H,18,21). The van der Waals surface area contributed by atoms with Crippen molar-refractivity contribution >= 4 is 16.9 Å². The first-order valence-electron chi connectivity index (χ1n) is 7.83. The predicted molar refractivity (Wildman–Crippen MR) is 87.8 cm³/mol. The summed E-state index contributed by atoms with van der Waals surface area (Å²) in [6.45, 7) is 4.27. The lowest BCUT2D eigenvalue weighted by molar-refractivity contribution is -0.121. The summed E-state index contributed by atoms with van der Waals surface area (Å²) in [5.74, 6) is -0.0485. The lowest BCUT2D eigenvalue weighted by Crippen LogP contribution is -2.29. The summed E-state index contributed by atoms with van der Waals surface area (Å²) in [6, 6.07) is 7.72. The van der Waals surface area contributed by atoms with Crippen molar-refractivity contribution in [3.8, 4) is 0 Å². The number of para-hydroxylation sites is 2. The summed E-state index contributed by atoms with van der Waals surface area (Å²) in [5.41, 5.74) is 7.16. The first-order valence-corrected chi connectivity index (χ1v) is 7.83. The molecule has 3 N–H and O–H groups in total. The third-order valence-corrected chi connectivity index (χ3v) is 3.64. The molecule has 2 aromatic rings. The number of nitrogens with one attached hydrogen (secondary N) is 1. The van der Waals surface area contributed by atoms with Gasteiger partial charge < -0.3 is 11.1 Å². The van der Waals surface area contributed by atoms with Crippen molar-refractivity contribution < 1.29 is 4.79 Å². The number of fused-ring (bicyclic) bond motifs is 1. The van der Waals surface area contributed by atoms with E-state index in [0.29, 0.717) is 32.6 Å². The normalized spacial score (nSPS) is 11.0. The van der Waals surface area contributed by atoms with Crippen LogP contribution in [0.2, 0.25) is 0 Å². The zero-order chi connectivity index (χ0) is 15.9. The second kappa shape index (κ2) is 7.79. The van der Waals surface area contributed by atoms with E-state index in [2.05, 4.69) is 5.32 Å². The van der Waals surface area contributed by atoms with Crippen molar-refractivity contribution in [1.29, 1.82) is 0 Å². The van der Waals surface area contributed by atoms with Crippen LogP contribution < -0.4 is 16.7 Å². The van der Waals surface area contributed by atoms with Crippen LogP contribution in [0.5, 0.6) is 0 Å². The summed E-state index contributed by atoms with van der Waals surface area (Å²) in [5, 5.41) is 2.81. The molecule has 0 fully saturated rings. The van der Waals surface area contributed by atoms with Gasteiger partial charge in [-0.25, -0.2) is 4.79 Å². The third-order valence-electron chi connectivity index (χ3n) is 3.64. The zero-order valence-electron chi connectivity index (χ0n) is 13.0. The van der Waals surface area contributed by atoms with Crippen molar-refractivity contribution in [2.24, 2.45) is 5.73 Å². The summed E-state index contributed by atoms with van der Waals surface area (Å²) in [4.78, 5) is 24.3. The minimum absolute atomic E-state index is 0.0437. The highest BCUT2D eigenvalue weighted by atomic mass is 16.2. The highest BCUT2D eigenvalue weighted by Crippen LogP contribution is 2.13. The van der Waals surface area contributed by atoms with Gasteiger partial charge in [-0.1, -0.05) is 19.1 Å². The Morgan fingerprint density at radius 3 is 2.41 bits per heavy atom. The molecule has 0 aliphatic rings. The first-order chi connectivity index (χ1) is 10.7. The van der Waals surface area contributed by atoms with E-state index in [9.17, 15) is 9.59 Å². The molecule has 22 heavy (non-hydrogen) atoms. The molecule has 1 aromatic carbocycles. The van der Waals surface area contributed by atoms with Crippen molar-refractivity contribution in [3.05, 3.63) is 34.7 Å². The van der Waals surface area contributed by atoms with E-state index in [0.717, 1.165) is 23.9 Å². The lowest BCUT2D eigenvalue weighted by atomic mass is 10.3. The van der Waals surface area contributed by atoms with Gasteiger partial charge in [-0.3, -0.25) is 13.9 Å². The molecule has 120 valence electrons. The Balaban J connectivity index is 2.16. The molecule has 1 aromatic heterocycles. The molecule has 0 saturated heterocycles. The number of aryl methyl sites for hydroxylation is 2. The molecule has 1 amide bonds. The number of amides is 1. The average Bonchev–Trinajstić information content (AvgIpc) is 2.79. The van der Waals surface area contributed by atoms with Gasteiger partial charge in [-0.05, 0) is 31.5 Å². The second-order valence-electron chi connectivity index (χ2n) is 5.32. The van der Waals surface area contributed by atoms with E-state index in [4.69, 9.17) is 5.73 Å². The SMILES string of the molecule is CCCn1c(=O)n(CCC(=O)NCCCN)c2ccccc21. The zero-order valence-corrected chi connectivity index (χ0v) is 13.0. The summed E-state index contributed by atoms with van der Waals surface area (Å²) < 4.78 is 3.47. The van der Waals surface area contributed by atoms with E-state index in [1.807, 2.05) is 31.2 Å². The van der Waals surface area contributed by atoms with Crippen LogP contribution in [0.25, 0.3) is 11.0 Å². The first kappa shape index (κ1) is 16.3. The van der Waals surface area contributed by atoms with Crippen LogP contribution in [0.3, 0.4) is 0 Å². The third kappa shape index (κ3) is 3.57. The van der Waals surface area contributed by atoms with Gasteiger partial charge >= 0.3 is 5.69 Å². The van der Waals surface area contributed by atoms with Crippen LogP contribution in [0.1, 0.15) is 26.2 Å². The van der Waals surface area contributed by atoms with Gasteiger partial charge in [0.2, 0.25) is 5.91 Å². The fraction of sp³-hybridized carbons (Fsp3) is 0.500. The number of imidazole rings is 1. The Kier molecular flexibility index (Phi) is 5.77. The molecule has 0 saturated carbocycles. The molecule has 6 heteroatoms. The van der Waals surface area contributed by atoms with Gasteiger partial charge in [0.05, 0.1) is 11.0 Å². The molecule has 6 nitrogen and oxygen atoms in total. The van der Waals surface area contributed by atoms with Gasteiger partial charge in [-0.15, -0.1) is 0 Å². The van der Waals surface area contributed by atoms with E-state index in [1.54, 1.807) is 9.13 Å². The molecule has 0 aliphatic heterocycles. The smallest absolute Gasteiger partial charge is 0.329 e. The van der Waals surface area contributed by atoms with Gasteiger partial charge in [0.1, 0.15) is 0 Å². The molecule has 0 bridgehead atoms. The van der Waals surface area contributed by atoms with Crippen LogP contribution in [0.4, 0.5) is 0 Å². The topological polar surface area (TPSA) is 82.0 Å². The Bertz CT molecular complexity index is 687. The number of carbonyl (C=O) groups is 1. The predicted octanol–water partition coefficient (Wildman–Crippen LogP) is 1.07. The number of hydrogen-bond donors (Lipinski definition) is 2. The van der Waals surface area contributed by atoms with Crippen molar-refractivity contribution in [2.45, 2.75) is 39.3 Å². The fourth-order valence-electron chi connectivity index (χ4n) is 2.56. The number of nitrogens with zero attached hydrogens (tertiary/aromatic N) is 2. The van der Waals surface area contributed by atoms with E-state index >= 15 is 0 Å². The maximum Gasteiger partial charge on any atom is 0.329 e. The van der Waals surface area contributed by atoms with E-state index < -0.39 is 0 Å². The number of hydrogen-bond acceptors (Lipinski definition) is 3. The van der Waals surface area contributed by atoms with Crippen molar-refractivity contribution in [1.82, 2.24) is 14.5 Å². The van der Waals surface area contributed by atoms with Crippen LogP contribution in [0, 0.1) is 0 Å². The molecule has 0 atom stereocenters. The van der Waals surface area contributed by atoms with Gasteiger partial charge in [0.15, 0.2) is 0 Å². The van der Waals surface area contributed by atoms with Crippen LogP contribution in [0.15, 0.2) is 29.1 Å². The monoisotopic (exact) mass is 304 g/mol. The Hall–Kier alpha value is -2.08. The Morgan fingerprint density at radius 1 is 1.18 bits per heavy atom. The van der Waals surface area contributed by atoms with Crippen molar-refractivity contribution in [3.63, 3.8) is 0 Å². The Morgan fingerprint density at radius 2 is 1.82 bits per heavy atom. The average molecular weight is 304 g/mol. The number of rotatable bonds is 8. The molecule has 0 unspecified atom stereocenters. The largest absolute Gasteiger partial charge is 0.356 e. The second-order valence-corrected chi connectivity index (χ2v) is 5.32. The van der Waals surface area contributed by atoms with Crippen LogP contribution in [-0.4, -0.2) is 28.1 Å². The minimum atomic E-state index is -0.0485. The quantitative estimate of drug-likeness (QED) is 0.716. The maximum atomic E-state index is 12.5. The highest BCUT2D eigenvalue weighted by Gasteiger charge is 2.12. The fourth-order valence-corrected chi connectivity index (χ4v) is 2.56. The number of nitrogens with two attached hydrogens (primary N) is 1. The van der Waals surface area contributed by atoms with E-state index in [1.165, 1.54) is 0 Å². The molecular formula is C16H24N4O2. The van der Waals surface area contributed by atoms with Crippen LogP contribution in [-0.2, 0) is 17.9 Å². The van der Waals surface area contributed by atoms with Crippen LogP contribution >= 0.6 is 0 Å². The molecular weight excluding hydrogens is 280 g/mol. The molecule has 0 aliphatic carbocycles. The summed E-state index contributed by atoms with van der Waals surface area (Å²) in [6.07, 6.45) is 1.96. The van der Waals surface area contributed by atoms with Crippen molar-refractivity contribution in [2.75, 3.05) is 13.1 Å².